The molecule has 0 amide bonds. The summed E-state index contributed by atoms with van der Waals surface area (Å²) in [4.78, 5) is 16.0. The largest absolute Gasteiger partial charge is 0.485 e. The molecular formula is C29H26F3N3O4. The molecule has 0 radical (unpaired) electrons. The Labute approximate surface area is 223 Å². The number of anilines is 1. The Kier molecular flexibility index (Phi) is 7.59. The molecule has 39 heavy (non-hydrogen) atoms. The Balaban J connectivity index is 1.44. The number of carbonyl (C=O) groups excluding carboxylic acids is 1. The van der Waals surface area contributed by atoms with Crippen LogP contribution in [0.3, 0.4) is 0 Å². The molecule has 1 aromatic heterocycles. The molecule has 5 rings (SSSR count). The number of esters is 1. The number of pyridine rings is 1. The molecule has 1 N–H and O–H groups in total. The minimum atomic E-state index is -1.58. The summed E-state index contributed by atoms with van der Waals surface area (Å²) in [7, 11) is 0. The van der Waals surface area contributed by atoms with Gasteiger partial charge in [0.1, 0.15) is 12.3 Å². The highest BCUT2D eigenvalue weighted by Gasteiger charge is 2.52. The maximum Gasteiger partial charge on any atom is 0.311 e. The zero-order chi connectivity index (χ0) is 27.5. The SMILES string of the molecule is CCOC(=O)C1C2CCC(C2)C1Nc1c(F)c(F)nc(Oc2cc(C#N)ccc2OCc2ccccc2)c1F. The fourth-order valence-corrected chi connectivity index (χ4v) is 5.55. The van der Waals surface area contributed by atoms with Crippen LogP contribution in [0.1, 0.15) is 37.3 Å². The van der Waals surface area contributed by atoms with Crippen LogP contribution in [0, 0.1) is 46.7 Å². The highest BCUT2D eigenvalue weighted by molar-refractivity contribution is 5.75. The third-order valence-corrected chi connectivity index (χ3v) is 7.31. The molecule has 2 bridgehead atoms. The molecule has 2 aliphatic carbocycles. The molecule has 2 saturated carbocycles. The fraction of sp³-hybridized carbons (Fsp3) is 0.345. The first-order chi connectivity index (χ1) is 18.9. The van der Waals surface area contributed by atoms with Crippen molar-refractivity contribution in [2.75, 3.05) is 11.9 Å². The summed E-state index contributed by atoms with van der Waals surface area (Å²) < 4.78 is 61.8. The molecule has 10 heteroatoms. The van der Waals surface area contributed by atoms with Gasteiger partial charge in [-0.25, -0.2) is 0 Å². The van der Waals surface area contributed by atoms with Crippen molar-refractivity contribution in [1.82, 2.24) is 4.98 Å². The number of aromatic nitrogens is 1. The standard InChI is InChI=1S/C29H26F3N3O4/c1-2-37-29(36)22-18-9-10-19(13-18)25(22)34-26-23(30)27(32)35-28(24(26)31)39-21-12-17(14-33)8-11-20(21)38-15-16-6-4-3-5-7-16/h3-8,11-12,18-19,22,25H,2,9-10,13,15H2,1H3,(H,34,35). The summed E-state index contributed by atoms with van der Waals surface area (Å²) in [6.07, 6.45) is 2.31. The predicted molar refractivity (Wildman–Crippen MR) is 134 cm³/mol. The van der Waals surface area contributed by atoms with Crippen molar-refractivity contribution < 1.29 is 32.2 Å². The molecular weight excluding hydrogens is 511 g/mol. The Morgan fingerprint density at radius 1 is 1.08 bits per heavy atom. The van der Waals surface area contributed by atoms with Crippen LogP contribution >= 0.6 is 0 Å². The number of carbonyl (C=O) groups is 1. The molecule has 0 saturated heterocycles. The van der Waals surface area contributed by atoms with Crippen LogP contribution in [0.4, 0.5) is 18.9 Å². The van der Waals surface area contributed by atoms with E-state index in [0.29, 0.717) is 6.42 Å². The second-order valence-electron chi connectivity index (χ2n) is 9.64. The van der Waals surface area contributed by atoms with Crippen LogP contribution in [0.5, 0.6) is 17.4 Å². The highest BCUT2D eigenvalue weighted by atomic mass is 19.2. The van der Waals surface area contributed by atoms with E-state index in [4.69, 9.17) is 14.2 Å². The summed E-state index contributed by atoms with van der Waals surface area (Å²) >= 11 is 0. The number of nitrogens with one attached hydrogen (secondary N) is 1. The molecule has 2 fully saturated rings. The predicted octanol–water partition coefficient (Wildman–Crippen LogP) is 6.13. The topological polar surface area (TPSA) is 93.5 Å². The van der Waals surface area contributed by atoms with Crippen LogP contribution in [0.25, 0.3) is 0 Å². The van der Waals surface area contributed by atoms with Gasteiger partial charge in [0.15, 0.2) is 11.5 Å². The molecule has 1 heterocycles. The van der Waals surface area contributed by atoms with E-state index < -0.39 is 47.1 Å². The molecule has 3 aromatic rings. The molecule has 4 unspecified atom stereocenters. The van der Waals surface area contributed by atoms with E-state index in [2.05, 4.69) is 10.3 Å². The molecule has 4 atom stereocenters. The maximum atomic E-state index is 15.7. The third kappa shape index (κ3) is 5.35. The van der Waals surface area contributed by atoms with Gasteiger partial charge in [-0.2, -0.15) is 23.4 Å². The quantitative estimate of drug-likeness (QED) is 0.259. The number of hydrogen-bond acceptors (Lipinski definition) is 7. The van der Waals surface area contributed by atoms with Crippen molar-refractivity contribution in [1.29, 1.82) is 5.26 Å². The van der Waals surface area contributed by atoms with Crippen LogP contribution in [0.15, 0.2) is 48.5 Å². The molecule has 2 aromatic carbocycles. The van der Waals surface area contributed by atoms with Gasteiger partial charge in [0, 0.05) is 12.1 Å². The Morgan fingerprint density at radius 2 is 1.85 bits per heavy atom. The highest BCUT2D eigenvalue weighted by Crippen LogP contribution is 2.50. The lowest BCUT2D eigenvalue weighted by Gasteiger charge is -2.31. The van der Waals surface area contributed by atoms with Crippen molar-refractivity contribution in [2.45, 2.75) is 38.8 Å². The van der Waals surface area contributed by atoms with E-state index in [0.717, 1.165) is 18.4 Å². The number of nitriles is 1. The van der Waals surface area contributed by atoms with E-state index in [1.54, 1.807) is 6.92 Å². The lowest BCUT2D eigenvalue weighted by Crippen LogP contribution is -2.40. The van der Waals surface area contributed by atoms with Crippen LogP contribution in [-0.4, -0.2) is 23.6 Å². The number of hydrogen-bond donors (Lipinski definition) is 1. The van der Waals surface area contributed by atoms with Gasteiger partial charge in [-0.3, -0.25) is 4.79 Å². The number of rotatable bonds is 9. The smallest absolute Gasteiger partial charge is 0.311 e. The minimum absolute atomic E-state index is 0.0194. The van der Waals surface area contributed by atoms with E-state index >= 15 is 4.39 Å². The zero-order valence-electron chi connectivity index (χ0n) is 21.1. The first-order valence-corrected chi connectivity index (χ1v) is 12.8. The van der Waals surface area contributed by atoms with Crippen molar-refractivity contribution in [3.8, 4) is 23.4 Å². The van der Waals surface area contributed by atoms with Gasteiger partial charge >= 0.3 is 5.97 Å². The number of ether oxygens (including phenoxy) is 3. The third-order valence-electron chi connectivity index (χ3n) is 7.31. The summed E-state index contributed by atoms with van der Waals surface area (Å²) in [5.74, 6) is -6.19. The van der Waals surface area contributed by atoms with Gasteiger partial charge < -0.3 is 19.5 Å². The average molecular weight is 538 g/mol. The zero-order valence-corrected chi connectivity index (χ0v) is 21.1. The Morgan fingerprint density at radius 3 is 2.59 bits per heavy atom. The summed E-state index contributed by atoms with van der Waals surface area (Å²) in [5.41, 5.74) is 0.253. The molecule has 7 nitrogen and oxygen atoms in total. The summed E-state index contributed by atoms with van der Waals surface area (Å²) in [5, 5.41) is 12.1. The lowest BCUT2D eigenvalue weighted by atomic mass is 9.84. The Bertz CT molecular complexity index is 1410. The first-order valence-electron chi connectivity index (χ1n) is 12.8. The van der Waals surface area contributed by atoms with Gasteiger partial charge in [-0.05, 0) is 55.7 Å². The monoisotopic (exact) mass is 537 g/mol. The van der Waals surface area contributed by atoms with Gasteiger partial charge in [0.05, 0.1) is 24.2 Å². The normalized spacial score (nSPS) is 21.3. The van der Waals surface area contributed by atoms with Crippen LogP contribution < -0.4 is 14.8 Å². The summed E-state index contributed by atoms with van der Waals surface area (Å²) in [6, 6.07) is 14.8. The van der Waals surface area contributed by atoms with E-state index in [9.17, 15) is 18.8 Å². The van der Waals surface area contributed by atoms with Gasteiger partial charge in [-0.1, -0.05) is 30.3 Å². The Hall–Kier alpha value is -4.26. The second kappa shape index (κ2) is 11.2. The van der Waals surface area contributed by atoms with Gasteiger partial charge in [-0.15, -0.1) is 0 Å². The fourth-order valence-electron chi connectivity index (χ4n) is 5.55. The van der Waals surface area contributed by atoms with Crippen LogP contribution in [-0.2, 0) is 16.1 Å². The van der Waals surface area contributed by atoms with E-state index in [1.165, 1.54) is 18.2 Å². The molecule has 0 spiro atoms. The number of nitrogens with zero attached hydrogens (tertiary/aromatic N) is 2. The van der Waals surface area contributed by atoms with Crippen molar-refractivity contribution >= 4 is 11.7 Å². The van der Waals surface area contributed by atoms with Gasteiger partial charge in [0.2, 0.25) is 11.6 Å². The first kappa shape index (κ1) is 26.4. The minimum Gasteiger partial charge on any atom is -0.485 e. The number of fused-ring (bicyclic) bond motifs is 2. The van der Waals surface area contributed by atoms with E-state index in [-0.39, 0.29) is 42.1 Å². The molecule has 2 aliphatic rings. The van der Waals surface area contributed by atoms with Crippen molar-refractivity contribution in [3.05, 3.63) is 77.2 Å². The van der Waals surface area contributed by atoms with Gasteiger partial charge in [0.25, 0.3) is 11.8 Å². The van der Waals surface area contributed by atoms with Crippen LogP contribution in [0.2, 0.25) is 0 Å². The average Bonchev–Trinajstić information content (AvgIpc) is 3.56. The molecule has 0 aliphatic heterocycles. The number of benzene rings is 2. The van der Waals surface area contributed by atoms with E-state index in [1.807, 2.05) is 36.4 Å². The van der Waals surface area contributed by atoms with Crippen molar-refractivity contribution in [3.63, 3.8) is 0 Å². The van der Waals surface area contributed by atoms with Crippen molar-refractivity contribution in [2.24, 2.45) is 17.8 Å². The number of halogens is 3. The maximum absolute atomic E-state index is 15.7. The second-order valence-corrected chi connectivity index (χ2v) is 9.64. The summed E-state index contributed by atoms with van der Waals surface area (Å²) in [6.45, 7) is 2.01. The molecule has 202 valence electrons. The lowest BCUT2D eigenvalue weighted by molar-refractivity contribution is -0.150.